The largest absolute Gasteiger partial charge is 0.346 e. The van der Waals surface area contributed by atoms with E-state index in [9.17, 15) is 4.79 Å². The molecule has 0 atom stereocenters. The number of hydrogen-bond donors (Lipinski definition) is 1. The van der Waals surface area contributed by atoms with Crippen LogP contribution in [0.15, 0.2) is 42.6 Å². The summed E-state index contributed by atoms with van der Waals surface area (Å²) in [5.41, 5.74) is 5.84. The molecule has 0 spiro atoms. The molecule has 0 fully saturated rings. The van der Waals surface area contributed by atoms with E-state index in [1.54, 1.807) is 21.6 Å². The fourth-order valence-corrected chi connectivity index (χ4v) is 3.66. The summed E-state index contributed by atoms with van der Waals surface area (Å²) in [7, 11) is 0. The average Bonchev–Trinajstić information content (AvgIpc) is 3.41. The van der Waals surface area contributed by atoms with Crippen LogP contribution in [0.4, 0.5) is 0 Å². The van der Waals surface area contributed by atoms with E-state index in [-0.39, 0.29) is 5.91 Å². The minimum atomic E-state index is -0.239. The molecule has 8 nitrogen and oxygen atoms in total. The van der Waals surface area contributed by atoms with E-state index in [2.05, 4.69) is 20.6 Å². The van der Waals surface area contributed by atoms with Crippen molar-refractivity contribution in [2.24, 2.45) is 0 Å². The number of para-hydroxylation sites is 1. The first kappa shape index (κ1) is 20.9. The summed E-state index contributed by atoms with van der Waals surface area (Å²) in [5, 5.41) is 17.0. The second-order valence-electron chi connectivity index (χ2n) is 7.45. The molecular formula is C22H24ClN7O. The highest BCUT2D eigenvalue weighted by Gasteiger charge is 2.16. The molecule has 9 heteroatoms. The van der Waals surface area contributed by atoms with Crippen molar-refractivity contribution in [1.29, 1.82) is 0 Å². The van der Waals surface area contributed by atoms with Crippen LogP contribution in [0.2, 0.25) is 5.02 Å². The fourth-order valence-electron chi connectivity index (χ4n) is 3.52. The van der Waals surface area contributed by atoms with Crippen LogP contribution in [0, 0.1) is 27.7 Å². The molecule has 0 aliphatic carbocycles. The number of aryl methyl sites for hydroxylation is 2. The number of carbonyl (C=O) groups excluding carboxylic acids is 1. The second-order valence-corrected chi connectivity index (χ2v) is 7.82. The average molecular weight is 438 g/mol. The predicted octanol–water partition coefficient (Wildman–Crippen LogP) is 3.59. The molecule has 0 unspecified atom stereocenters. The third-order valence-corrected chi connectivity index (χ3v) is 5.86. The summed E-state index contributed by atoms with van der Waals surface area (Å²) in [6.45, 7) is 8.47. The maximum atomic E-state index is 12.7. The lowest BCUT2D eigenvalue weighted by Gasteiger charge is -2.07. The van der Waals surface area contributed by atoms with Crippen molar-refractivity contribution in [3.05, 3.63) is 81.7 Å². The van der Waals surface area contributed by atoms with E-state index in [4.69, 9.17) is 11.6 Å². The Hall–Kier alpha value is -3.39. The van der Waals surface area contributed by atoms with Gasteiger partial charge in [-0.1, -0.05) is 29.8 Å². The Morgan fingerprint density at radius 2 is 1.71 bits per heavy atom. The van der Waals surface area contributed by atoms with Crippen LogP contribution in [-0.2, 0) is 13.2 Å². The molecule has 0 saturated heterocycles. The Bertz CT molecular complexity index is 1240. The summed E-state index contributed by atoms with van der Waals surface area (Å²) < 4.78 is 5.32. The van der Waals surface area contributed by atoms with Crippen LogP contribution in [-0.4, -0.2) is 35.2 Å². The Morgan fingerprint density at radius 1 is 0.968 bits per heavy atom. The first-order chi connectivity index (χ1) is 14.8. The fraction of sp³-hybridized carbons (Fsp3) is 0.273. The van der Waals surface area contributed by atoms with Crippen molar-refractivity contribution in [1.82, 2.24) is 34.7 Å². The molecule has 0 aliphatic rings. The minimum Gasteiger partial charge on any atom is -0.346 e. The second kappa shape index (κ2) is 8.39. The van der Waals surface area contributed by atoms with Crippen LogP contribution in [0.1, 0.15) is 38.8 Å². The molecule has 1 N–H and O–H groups in total. The van der Waals surface area contributed by atoms with Crippen molar-refractivity contribution in [3.63, 3.8) is 0 Å². The zero-order chi connectivity index (χ0) is 22.1. The Labute approximate surface area is 185 Å². The van der Waals surface area contributed by atoms with Crippen molar-refractivity contribution >= 4 is 17.5 Å². The number of nitrogens with one attached hydrogen (secondary N) is 1. The molecular weight excluding hydrogens is 414 g/mol. The van der Waals surface area contributed by atoms with Crippen molar-refractivity contribution < 1.29 is 4.79 Å². The smallest absolute Gasteiger partial charge is 0.272 e. The molecule has 1 amide bonds. The summed E-state index contributed by atoms with van der Waals surface area (Å²) in [6.07, 6.45) is 1.75. The summed E-state index contributed by atoms with van der Waals surface area (Å²) in [4.78, 5) is 12.7. The quantitative estimate of drug-likeness (QED) is 0.499. The molecule has 31 heavy (non-hydrogen) atoms. The van der Waals surface area contributed by atoms with Gasteiger partial charge in [0, 0.05) is 24.0 Å². The van der Waals surface area contributed by atoms with E-state index in [1.807, 2.05) is 62.7 Å². The molecule has 3 heterocycles. The zero-order valence-electron chi connectivity index (χ0n) is 17.9. The number of hydrogen-bond acceptors (Lipinski definition) is 4. The van der Waals surface area contributed by atoms with Gasteiger partial charge in [0.2, 0.25) is 0 Å². The number of carbonyl (C=O) groups is 1. The minimum absolute atomic E-state index is 0.239. The number of aromatic nitrogens is 6. The maximum absolute atomic E-state index is 12.7. The Morgan fingerprint density at radius 3 is 2.39 bits per heavy atom. The number of nitrogens with zero attached hydrogens (tertiary/aromatic N) is 6. The van der Waals surface area contributed by atoms with Gasteiger partial charge in [0.05, 0.1) is 27.8 Å². The molecule has 4 rings (SSSR count). The van der Waals surface area contributed by atoms with Gasteiger partial charge in [-0.05, 0) is 45.9 Å². The van der Waals surface area contributed by atoms with Crippen molar-refractivity contribution in [2.75, 3.05) is 0 Å². The van der Waals surface area contributed by atoms with E-state index < -0.39 is 0 Å². The lowest BCUT2D eigenvalue weighted by atomic mass is 10.2. The Balaban J connectivity index is 1.44. The van der Waals surface area contributed by atoms with Crippen LogP contribution < -0.4 is 5.32 Å². The normalized spacial score (nSPS) is 11.1. The highest BCUT2D eigenvalue weighted by molar-refractivity contribution is 6.31. The third kappa shape index (κ3) is 4.11. The molecule has 0 aliphatic heterocycles. The van der Waals surface area contributed by atoms with Gasteiger partial charge in [0.25, 0.3) is 5.91 Å². The lowest BCUT2D eigenvalue weighted by molar-refractivity contribution is 0.0945. The predicted molar refractivity (Wildman–Crippen MR) is 119 cm³/mol. The van der Waals surface area contributed by atoms with Crippen molar-refractivity contribution in [2.45, 2.75) is 40.9 Å². The number of amides is 1. The van der Waals surface area contributed by atoms with Gasteiger partial charge in [0.1, 0.15) is 12.4 Å². The highest BCUT2D eigenvalue weighted by Crippen LogP contribution is 2.19. The molecule has 0 bridgehead atoms. The van der Waals surface area contributed by atoms with E-state index in [0.717, 1.165) is 34.0 Å². The van der Waals surface area contributed by atoms with Gasteiger partial charge in [0.15, 0.2) is 0 Å². The first-order valence-electron chi connectivity index (χ1n) is 9.97. The lowest BCUT2D eigenvalue weighted by Crippen LogP contribution is -2.24. The summed E-state index contributed by atoms with van der Waals surface area (Å²) in [5.74, 6) is -0.239. The van der Waals surface area contributed by atoms with Gasteiger partial charge in [-0.2, -0.15) is 15.3 Å². The number of halogens is 1. The van der Waals surface area contributed by atoms with Gasteiger partial charge in [-0.25, -0.2) is 9.36 Å². The third-order valence-electron chi connectivity index (χ3n) is 5.31. The van der Waals surface area contributed by atoms with Crippen LogP contribution in [0.5, 0.6) is 0 Å². The van der Waals surface area contributed by atoms with Gasteiger partial charge in [-0.3, -0.25) is 9.48 Å². The van der Waals surface area contributed by atoms with Gasteiger partial charge < -0.3 is 5.32 Å². The van der Waals surface area contributed by atoms with Crippen LogP contribution in [0.3, 0.4) is 0 Å². The van der Waals surface area contributed by atoms with E-state index in [0.29, 0.717) is 23.9 Å². The van der Waals surface area contributed by atoms with Crippen LogP contribution in [0.25, 0.3) is 5.69 Å². The molecule has 4 aromatic rings. The SMILES string of the molecule is Cc1nn(Cn2ccc(C(=O)NCc3c(C)nn(-c4ccccc4)c3C)n2)c(C)c1Cl. The number of rotatable bonds is 6. The monoisotopic (exact) mass is 437 g/mol. The summed E-state index contributed by atoms with van der Waals surface area (Å²) in [6, 6.07) is 11.6. The molecule has 0 saturated carbocycles. The van der Waals surface area contributed by atoms with Crippen LogP contribution >= 0.6 is 11.6 Å². The first-order valence-corrected chi connectivity index (χ1v) is 10.3. The molecule has 0 radical (unpaired) electrons. The standard InChI is InChI=1S/C22H24ClN7O/c1-14-19(16(3)30(26-14)18-8-6-5-7-9-18)12-24-22(31)20-10-11-28(27-20)13-29-17(4)21(23)15(2)25-29/h5-11H,12-13H2,1-4H3,(H,24,31). The van der Waals surface area contributed by atoms with Gasteiger partial charge >= 0.3 is 0 Å². The maximum Gasteiger partial charge on any atom is 0.272 e. The highest BCUT2D eigenvalue weighted by atomic mass is 35.5. The van der Waals surface area contributed by atoms with E-state index >= 15 is 0 Å². The molecule has 3 aromatic heterocycles. The Kier molecular flexibility index (Phi) is 5.65. The number of benzene rings is 1. The summed E-state index contributed by atoms with van der Waals surface area (Å²) >= 11 is 6.20. The van der Waals surface area contributed by atoms with E-state index in [1.165, 1.54) is 0 Å². The molecule has 160 valence electrons. The topological polar surface area (TPSA) is 82.6 Å². The van der Waals surface area contributed by atoms with Crippen molar-refractivity contribution in [3.8, 4) is 5.69 Å². The zero-order valence-corrected chi connectivity index (χ0v) is 18.7. The molecule has 1 aromatic carbocycles. The van der Waals surface area contributed by atoms with Gasteiger partial charge in [-0.15, -0.1) is 0 Å².